The first-order valence-electron chi connectivity index (χ1n) is 12.4. The highest BCUT2D eigenvalue weighted by Gasteiger charge is 2.32. The van der Waals surface area contributed by atoms with E-state index in [0.717, 1.165) is 21.0 Å². The lowest BCUT2D eigenvalue weighted by Gasteiger charge is -2.32. The van der Waals surface area contributed by atoms with Gasteiger partial charge in [0.2, 0.25) is 11.8 Å². The number of anilines is 1. The molecule has 10 heteroatoms. The number of methoxy groups -OCH3 is 2. The van der Waals surface area contributed by atoms with E-state index in [1.54, 1.807) is 31.2 Å². The van der Waals surface area contributed by atoms with Crippen LogP contribution >= 0.6 is 0 Å². The first-order chi connectivity index (χ1) is 18.5. The van der Waals surface area contributed by atoms with E-state index in [4.69, 9.17) is 9.47 Å². The van der Waals surface area contributed by atoms with Gasteiger partial charge in [-0.25, -0.2) is 8.42 Å². The molecule has 0 saturated heterocycles. The van der Waals surface area contributed by atoms with Gasteiger partial charge in [0.05, 0.1) is 24.8 Å². The Bertz CT molecular complexity index is 1410. The minimum Gasteiger partial charge on any atom is -0.493 e. The summed E-state index contributed by atoms with van der Waals surface area (Å²) in [5, 5.41) is 2.58. The zero-order chi connectivity index (χ0) is 28.7. The molecule has 0 aliphatic carbocycles. The van der Waals surface area contributed by atoms with Crippen LogP contribution in [0.5, 0.6) is 11.5 Å². The van der Waals surface area contributed by atoms with E-state index in [-0.39, 0.29) is 23.1 Å². The third-order valence-electron chi connectivity index (χ3n) is 6.43. The van der Waals surface area contributed by atoms with Gasteiger partial charge in [0.25, 0.3) is 10.0 Å². The molecule has 39 heavy (non-hydrogen) atoms. The summed E-state index contributed by atoms with van der Waals surface area (Å²) < 4.78 is 39.6. The summed E-state index contributed by atoms with van der Waals surface area (Å²) in [6.07, 6.45) is 0. The fourth-order valence-corrected chi connectivity index (χ4v) is 5.46. The minimum absolute atomic E-state index is 0.0713. The van der Waals surface area contributed by atoms with E-state index in [9.17, 15) is 18.0 Å². The predicted molar refractivity (Wildman–Crippen MR) is 151 cm³/mol. The molecule has 3 aromatic carbocycles. The minimum atomic E-state index is -4.23. The average Bonchev–Trinajstić information content (AvgIpc) is 2.94. The Morgan fingerprint density at radius 3 is 1.97 bits per heavy atom. The number of sulfonamides is 1. The van der Waals surface area contributed by atoms with Crippen LogP contribution in [0.1, 0.15) is 23.6 Å². The van der Waals surface area contributed by atoms with Crippen molar-refractivity contribution in [3.63, 3.8) is 0 Å². The summed E-state index contributed by atoms with van der Waals surface area (Å²) in [5.41, 5.74) is 3.12. The molecule has 2 amide bonds. The summed E-state index contributed by atoms with van der Waals surface area (Å²) in [6.45, 7) is 5.07. The molecule has 0 aliphatic heterocycles. The van der Waals surface area contributed by atoms with E-state index in [1.807, 2.05) is 38.1 Å². The Kier molecular flexibility index (Phi) is 9.58. The molecule has 208 valence electrons. The van der Waals surface area contributed by atoms with Crippen LogP contribution in [-0.2, 0) is 26.2 Å². The second-order valence-electron chi connectivity index (χ2n) is 9.16. The second kappa shape index (κ2) is 12.7. The van der Waals surface area contributed by atoms with Crippen molar-refractivity contribution < 1.29 is 27.5 Å². The van der Waals surface area contributed by atoms with Crippen LogP contribution < -0.4 is 19.1 Å². The zero-order valence-electron chi connectivity index (χ0n) is 23.1. The van der Waals surface area contributed by atoms with E-state index in [0.29, 0.717) is 11.4 Å². The second-order valence-corrected chi connectivity index (χ2v) is 11.0. The van der Waals surface area contributed by atoms with Crippen LogP contribution in [0.25, 0.3) is 0 Å². The molecule has 0 aliphatic rings. The van der Waals surface area contributed by atoms with E-state index < -0.39 is 28.5 Å². The van der Waals surface area contributed by atoms with Crippen molar-refractivity contribution in [3.05, 3.63) is 83.4 Å². The number of nitrogens with zero attached hydrogens (tertiary/aromatic N) is 2. The lowest BCUT2D eigenvalue weighted by molar-refractivity contribution is -0.139. The number of carbonyl (C=O) groups is 2. The Morgan fingerprint density at radius 2 is 1.44 bits per heavy atom. The number of rotatable bonds is 11. The highest BCUT2D eigenvalue weighted by Crippen LogP contribution is 2.32. The van der Waals surface area contributed by atoms with Crippen LogP contribution in [0.4, 0.5) is 5.69 Å². The molecule has 1 atom stereocenters. The number of benzene rings is 3. The molecule has 1 unspecified atom stereocenters. The molecule has 0 aromatic heterocycles. The molecule has 0 spiro atoms. The Labute approximate surface area is 230 Å². The molecule has 0 bridgehead atoms. The van der Waals surface area contributed by atoms with Crippen molar-refractivity contribution in [2.75, 3.05) is 32.1 Å². The maximum atomic E-state index is 14.0. The first kappa shape index (κ1) is 29.5. The van der Waals surface area contributed by atoms with Gasteiger partial charge in [0, 0.05) is 19.7 Å². The maximum Gasteiger partial charge on any atom is 0.264 e. The van der Waals surface area contributed by atoms with Crippen molar-refractivity contribution in [2.45, 2.75) is 38.3 Å². The molecule has 1 N–H and O–H groups in total. The molecule has 9 nitrogen and oxygen atoms in total. The van der Waals surface area contributed by atoms with Crippen LogP contribution in [0.3, 0.4) is 0 Å². The summed E-state index contributed by atoms with van der Waals surface area (Å²) >= 11 is 0. The zero-order valence-corrected chi connectivity index (χ0v) is 23.9. The topological polar surface area (TPSA) is 105 Å². The van der Waals surface area contributed by atoms with Gasteiger partial charge in [-0.1, -0.05) is 47.5 Å². The summed E-state index contributed by atoms with van der Waals surface area (Å²) in [4.78, 5) is 27.7. The van der Waals surface area contributed by atoms with Gasteiger partial charge in [-0.15, -0.1) is 0 Å². The Balaban J connectivity index is 2.06. The fraction of sp³-hybridized carbons (Fsp3) is 0.310. The number of ether oxygens (including phenoxy) is 2. The summed E-state index contributed by atoms with van der Waals surface area (Å²) in [6, 6.07) is 17.9. The molecule has 0 saturated carbocycles. The molecule has 3 rings (SSSR count). The number of amides is 2. The highest BCUT2D eigenvalue weighted by atomic mass is 32.2. The average molecular weight is 554 g/mol. The van der Waals surface area contributed by atoms with Crippen molar-refractivity contribution in [1.82, 2.24) is 10.2 Å². The van der Waals surface area contributed by atoms with Gasteiger partial charge in [-0.05, 0) is 50.6 Å². The first-order valence-corrected chi connectivity index (χ1v) is 13.8. The normalized spacial score (nSPS) is 11.8. The SMILES string of the molecule is CNC(=O)C(C)N(Cc1ccc(C)cc1)C(=O)CN(c1ccc(C)cc1)S(=O)(=O)c1ccc(OC)c(OC)c1. The van der Waals surface area contributed by atoms with Gasteiger partial charge >= 0.3 is 0 Å². The van der Waals surface area contributed by atoms with Gasteiger partial charge in [0.1, 0.15) is 12.6 Å². The number of hydrogen-bond acceptors (Lipinski definition) is 6. The number of nitrogens with one attached hydrogen (secondary N) is 1. The Hall–Kier alpha value is -4.05. The Morgan fingerprint density at radius 1 is 0.872 bits per heavy atom. The van der Waals surface area contributed by atoms with Crippen molar-refractivity contribution in [3.8, 4) is 11.5 Å². The maximum absolute atomic E-state index is 14.0. The van der Waals surface area contributed by atoms with Crippen LogP contribution in [0.15, 0.2) is 71.6 Å². The molecular formula is C29H35N3O6S. The molecule has 0 fully saturated rings. The largest absolute Gasteiger partial charge is 0.493 e. The van der Waals surface area contributed by atoms with Gasteiger partial charge in [0.15, 0.2) is 11.5 Å². The molecule has 0 radical (unpaired) electrons. The predicted octanol–water partition coefficient (Wildman–Crippen LogP) is 3.68. The van der Waals surface area contributed by atoms with Gasteiger partial charge < -0.3 is 19.7 Å². The van der Waals surface area contributed by atoms with Crippen molar-refractivity contribution in [1.29, 1.82) is 0 Å². The van der Waals surface area contributed by atoms with Crippen LogP contribution in [-0.4, -0.2) is 59.0 Å². The molecular weight excluding hydrogens is 518 g/mol. The van der Waals surface area contributed by atoms with E-state index >= 15 is 0 Å². The lowest BCUT2D eigenvalue weighted by Crippen LogP contribution is -2.50. The third kappa shape index (κ3) is 6.88. The molecule has 0 heterocycles. The number of likely N-dealkylation sites (N-methyl/N-ethyl adjacent to an activating group) is 1. The van der Waals surface area contributed by atoms with E-state index in [1.165, 1.54) is 44.4 Å². The summed E-state index contributed by atoms with van der Waals surface area (Å²) in [7, 11) is 0.133. The number of carbonyl (C=O) groups excluding carboxylic acids is 2. The van der Waals surface area contributed by atoms with Gasteiger partial charge in [-0.3, -0.25) is 13.9 Å². The van der Waals surface area contributed by atoms with Crippen molar-refractivity contribution >= 4 is 27.5 Å². The molecule has 3 aromatic rings. The highest BCUT2D eigenvalue weighted by molar-refractivity contribution is 7.92. The van der Waals surface area contributed by atoms with Crippen LogP contribution in [0.2, 0.25) is 0 Å². The smallest absolute Gasteiger partial charge is 0.264 e. The standard InChI is InChI=1S/C29H35N3O6S/c1-20-7-11-23(12-8-20)18-31(22(3)29(34)30-4)28(33)19-32(24-13-9-21(2)10-14-24)39(35,36)25-15-16-26(37-5)27(17-25)38-6/h7-17,22H,18-19H2,1-6H3,(H,30,34). The number of aryl methyl sites for hydroxylation is 2. The summed E-state index contributed by atoms with van der Waals surface area (Å²) in [5.74, 6) is -0.280. The van der Waals surface area contributed by atoms with Crippen molar-refractivity contribution in [2.24, 2.45) is 0 Å². The van der Waals surface area contributed by atoms with E-state index in [2.05, 4.69) is 5.32 Å². The van der Waals surface area contributed by atoms with Crippen LogP contribution in [0, 0.1) is 13.8 Å². The quantitative estimate of drug-likeness (QED) is 0.389. The lowest BCUT2D eigenvalue weighted by atomic mass is 10.1. The fourth-order valence-electron chi connectivity index (χ4n) is 4.03. The monoisotopic (exact) mass is 553 g/mol. The van der Waals surface area contributed by atoms with Gasteiger partial charge in [-0.2, -0.15) is 0 Å². The third-order valence-corrected chi connectivity index (χ3v) is 8.20. The number of hydrogen-bond donors (Lipinski definition) is 1.